The monoisotopic (exact) mass is 438 g/mol. The Balaban J connectivity index is 1.66. The zero-order valence-corrected chi connectivity index (χ0v) is 18.0. The van der Waals surface area contributed by atoms with Crippen molar-refractivity contribution in [2.75, 3.05) is 0 Å². The molecular formula is C23H20ClFN4O2. The van der Waals surface area contributed by atoms with Crippen LogP contribution < -0.4 is 10.3 Å². The summed E-state index contributed by atoms with van der Waals surface area (Å²) in [5.74, 6) is 0.135. The minimum absolute atomic E-state index is 0.0360. The first kappa shape index (κ1) is 20.8. The van der Waals surface area contributed by atoms with Gasteiger partial charge in [0.25, 0.3) is 0 Å². The molecule has 0 spiro atoms. The molecule has 1 atom stereocenters. The van der Waals surface area contributed by atoms with E-state index in [1.54, 1.807) is 31.5 Å². The van der Waals surface area contributed by atoms with E-state index in [4.69, 9.17) is 16.3 Å². The van der Waals surface area contributed by atoms with Crippen LogP contribution in [0.2, 0.25) is 5.15 Å². The number of imidazole rings is 1. The van der Waals surface area contributed by atoms with Gasteiger partial charge < -0.3 is 9.30 Å². The number of benzene rings is 2. The summed E-state index contributed by atoms with van der Waals surface area (Å²) < 4.78 is 22.6. The van der Waals surface area contributed by atoms with Crippen molar-refractivity contribution >= 4 is 11.6 Å². The molecular weight excluding hydrogens is 419 g/mol. The molecule has 4 rings (SSSR count). The summed E-state index contributed by atoms with van der Waals surface area (Å²) in [6.45, 7) is 5.61. The summed E-state index contributed by atoms with van der Waals surface area (Å²) in [6.07, 6.45) is 3.67. The van der Waals surface area contributed by atoms with Crippen molar-refractivity contribution < 1.29 is 9.13 Å². The lowest BCUT2D eigenvalue weighted by atomic mass is 10.1. The molecule has 0 aliphatic heterocycles. The van der Waals surface area contributed by atoms with Gasteiger partial charge in [0, 0.05) is 18.0 Å². The topological polar surface area (TPSA) is 61.9 Å². The van der Waals surface area contributed by atoms with Gasteiger partial charge in [-0.15, -0.1) is 0 Å². The SMILES string of the molecule is Cc1cn(-c2ccc(Oc3cc(Cl)nn([C@@H](C)c4cccc(F)c4)c3=O)cc2C)cn1. The van der Waals surface area contributed by atoms with Crippen LogP contribution >= 0.6 is 11.6 Å². The highest BCUT2D eigenvalue weighted by molar-refractivity contribution is 6.29. The zero-order chi connectivity index (χ0) is 22.1. The van der Waals surface area contributed by atoms with Crippen molar-refractivity contribution in [3.8, 4) is 17.2 Å². The number of halogens is 2. The molecule has 0 saturated carbocycles. The standard InChI is InChI=1S/C23H20ClFN4O2/c1-14-9-19(7-8-20(14)28-12-15(2)26-13-28)31-21-11-22(24)27-29(23(21)30)16(3)17-5-4-6-18(25)10-17/h4-13,16H,1-3H3/t16-/m0/s1. The Bertz CT molecular complexity index is 1320. The Morgan fingerprint density at radius 1 is 1.13 bits per heavy atom. The number of ether oxygens (including phenoxy) is 1. The fourth-order valence-electron chi connectivity index (χ4n) is 3.36. The van der Waals surface area contributed by atoms with Crippen molar-refractivity contribution in [1.29, 1.82) is 0 Å². The molecule has 0 aliphatic rings. The van der Waals surface area contributed by atoms with Gasteiger partial charge in [-0.25, -0.2) is 14.1 Å². The molecule has 0 radical (unpaired) electrons. The summed E-state index contributed by atoms with van der Waals surface area (Å²) in [4.78, 5) is 17.3. The highest BCUT2D eigenvalue weighted by Crippen LogP contribution is 2.26. The van der Waals surface area contributed by atoms with Crippen LogP contribution in [0.3, 0.4) is 0 Å². The fraction of sp³-hybridized carbons (Fsp3) is 0.174. The van der Waals surface area contributed by atoms with Crippen molar-refractivity contribution in [3.05, 3.63) is 99.2 Å². The molecule has 0 N–H and O–H groups in total. The van der Waals surface area contributed by atoms with E-state index in [0.717, 1.165) is 16.9 Å². The maximum Gasteiger partial charge on any atom is 0.310 e. The van der Waals surface area contributed by atoms with Crippen LogP contribution in [-0.4, -0.2) is 19.3 Å². The maximum atomic E-state index is 13.6. The minimum atomic E-state index is -0.530. The number of hydrogen-bond donors (Lipinski definition) is 0. The van der Waals surface area contributed by atoms with E-state index in [0.29, 0.717) is 11.3 Å². The van der Waals surface area contributed by atoms with E-state index in [1.165, 1.54) is 22.9 Å². The van der Waals surface area contributed by atoms with Crippen LogP contribution in [0.1, 0.15) is 29.8 Å². The van der Waals surface area contributed by atoms with Gasteiger partial charge in [0.2, 0.25) is 0 Å². The Hall–Kier alpha value is -3.45. The normalized spacial score (nSPS) is 12.0. The Kier molecular flexibility index (Phi) is 5.61. The van der Waals surface area contributed by atoms with Gasteiger partial charge in [0.15, 0.2) is 10.9 Å². The van der Waals surface area contributed by atoms with Crippen LogP contribution in [0.15, 0.2) is 65.8 Å². The number of hydrogen-bond acceptors (Lipinski definition) is 4. The number of rotatable bonds is 5. The molecule has 0 fully saturated rings. The van der Waals surface area contributed by atoms with E-state index >= 15 is 0 Å². The third-order valence-corrected chi connectivity index (χ3v) is 5.14. The highest BCUT2D eigenvalue weighted by atomic mass is 35.5. The number of aromatic nitrogens is 4. The fourth-order valence-corrected chi connectivity index (χ4v) is 3.54. The molecule has 2 aromatic heterocycles. The van der Waals surface area contributed by atoms with Crippen molar-refractivity contribution in [2.45, 2.75) is 26.8 Å². The third kappa shape index (κ3) is 4.36. The summed E-state index contributed by atoms with van der Waals surface area (Å²) in [5.41, 5.74) is 2.95. The van der Waals surface area contributed by atoms with Gasteiger partial charge >= 0.3 is 5.56 Å². The van der Waals surface area contributed by atoms with Gasteiger partial charge in [0.1, 0.15) is 11.6 Å². The second kappa shape index (κ2) is 8.35. The molecule has 8 heteroatoms. The number of aryl methyl sites for hydroxylation is 2. The summed E-state index contributed by atoms with van der Waals surface area (Å²) >= 11 is 6.15. The molecule has 0 aliphatic carbocycles. The molecule has 2 aromatic carbocycles. The third-order valence-electron chi connectivity index (χ3n) is 4.96. The van der Waals surface area contributed by atoms with Gasteiger partial charge in [-0.2, -0.15) is 5.10 Å². The molecule has 0 unspecified atom stereocenters. The summed E-state index contributed by atoms with van der Waals surface area (Å²) in [5, 5.41) is 4.21. The first-order valence-corrected chi connectivity index (χ1v) is 10.0. The molecule has 2 heterocycles. The molecule has 0 amide bonds. The summed E-state index contributed by atoms with van der Waals surface area (Å²) in [6, 6.07) is 12.4. The molecule has 4 aromatic rings. The molecule has 6 nitrogen and oxygen atoms in total. The Morgan fingerprint density at radius 2 is 1.94 bits per heavy atom. The van der Waals surface area contributed by atoms with E-state index in [9.17, 15) is 9.18 Å². The van der Waals surface area contributed by atoms with Gasteiger partial charge in [0.05, 0.1) is 18.1 Å². The van der Waals surface area contributed by atoms with E-state index < -0.39 is 11.6 Å². The van der Waals surface area contributed by atoms with E-state index in [1.807, 2.05) is 36.7 Å². The van der Waals surface area contributed by atoms with Crippen molar-refractivity contribution in [3.63, 3.8) is 0 Å². The van der Waals surface area contributed by atoms with Crippen LogP contribution in [-0.2, 0) is 0 Å². The van der Waals surface area contributed by atoms with Gasteiger partial charge in [-0.1, -0.05) is 23.7 Å². The van der Waals surface area contributed by atoms with E-state index in [-0.39, 0.29) is 16.7 Å². The summed E-state index contributed by atoms with van der Waals surface area (Å²) in [7, 11) is 0. The predicted octanol–water partition coefficient (Wildman–Crippen LogP) is 5.24. The zero-order valence-electron chi connectivity index (χ0n) is 17.2. The Labute approximate surface area is 183 Å². The van der Waals surface area contributed by atoms with E-state index in [2.05, 4.69) is 10.1 Å². The lowest BCUT2D eigenvalue weighted by Gasteiger charge is -2.16. The quantitative estimate of drug-likeness (QED) is 0.427. The van der Waals surface area contributed by atoms with Crippen LogP contribution in [0.25, 0.3) is 5.69 Å². The lowest BCUT2D eigenvalue weighted by molar-refractivity contribution is 0.443. The van der Waals surface area contributed by atoms with Gasteiger partial charge in [-0.3, -0.25) is 4.79 Å². The maximum absolute atomic E-state index is 13.6. The second-order valence-electron chi connectivity index (χ2n) is 7.28. The Morgan fingerprint density at radius 3 is 2.61 bits per heavy atom. The highest BCUT2D eigenvalue weighted by Gasteiger charge is 2.17. The predicted molar refractivity (Wildman–Crippen MR) is 117 cm³/mol. The van der Waals surface area contributed by atoms with Crippen molar-refractivity contribution in [1.82, 2.24) is 19.3 Å². The average Bonchev–Trinajstić information content (AvgIpc) is 3.16. The van der Waals surface area contributed by atoms with Crippen molar-refractivity contribution in [2.24, 2.45) is 0 Å². The van der Waals surface area contributed by atoms with Crippen LogP contribution in [0.5, 0.6) is 11.5 Å². The molecule has 158 valence electrons. The van der Waals surface area contributed by atoms with Crippen LogP contribution in [0.4, 0.5) is 4.39 Å². The smallest absolute Gasteiger partial charge is 0.310 e. The molecule has 0 bridgehead atoms. The first-order chi connectivity index (χ1) is 14.8. The van der Waals surface area contributed by atoms with Gasteiger partial charge in [-0.05, 0) is 62.2 Å². The van der Waals surface area contributed by atoms with Crippen LogP contribution in [0, 0.1) is 19.7 Å². The minimum Gasteiger partial charge on any atom is -0.451 e. The molecule has 31 heavy (non-hydrogen) atoms. The lowest BCUT2D eigenvalue weighted by Crippen LogP contribution is -2.27. The first-order valence-electron chi connectivity index (χ1n) is 9.66. The average molecular weight is 439 g/mol. The largest absolute Gasteiger partial charge is 0.451 e. The molecule has 0 saturated heterocycles. The second-order valence-corrected chi connectivity index (χ2v) is 7.67. The number of nitrogens with zero attached hydrogens (tertiary/aromatic N) is 4.